The molecule has 0 radical (unpaired) electrons. The van der Waals surface area contributed by atoms with Gasteiger partial charge in [-0.15, -0.1) is 0 Å². The second kappa shape index (κ2) is 8.94. The van der Waals surface area contributed by atoms with Crippen LogP contribution in [0.25, 0.3) is 22.0 Å². The minimum atomic E-state index is 0.00712. The molecule has 0 saturated carbocycles. The van der Waals surface area contributed by atoms with Crippen molar-refractivity contribution in [2.75, 3.05) is 26.3 Å². The first kappa shape index (κ1) is 20.4. The number of nitrogens with zero attached hydrogens (tertiary/aromatic N) is 6. The van der Waals surface area contributed by atoms with Crippen molar-refractivity contribution in [3.05, 3.63) is 71.9 Å². The van der Waals surface area contributed by atoms with Crippen LogP contribution in [-0.2, 0) is 24.8 Å². The Balaban J connectivity index is 1.33. The van der Waals surface area contributed by atoms with E-state index in [0.717, 1.165) is 60.6 Å². The van der Waals surface area contributed by atoms with Gasteiger partial charge in [-0.05, 0) is 35.9 Å². The van der Waals surface area contributed by atoms with E-state index in [1.165, 1.54) is 0 Å². The van der Waals surface area contributed by atoms with Gasteiger partial charge in [0.1, 0.15) is 0 Å². The molecule has 3 aromatic heterocycles. The molecule has 5 rings (SSSR count). The van der Waals surface area contributed by atoms with Gasteiger partial charge < -0.3 is 4.74 Å². The summed E-state index contributed by atoms with van der Waals surface area (Å²) >= 11 is 0. The van der Waals surface area contributed by atoms with Crippen molar-refractivity contribution in [1.29, 1.82) is 0 Å². The maximum atomic E-state index is 12.9. The van der Waals surface area contributed by atoms with E-state index in [2.05, 4.69) is 31.2 Å². The Labute approximate surface area is 185 Å². The molecule has 1 fully saturated rings. The molecule has 0 atom stereocenters. The number of hydrogen-bond acceptors (Lipinski definition) is 7. The zero-order chi connectivity index (χ0) is 21.9. The number of ether oxygens (including phenoxy) is 1. The van der Waals surface area contributed by atoms with E-state index >= 15 is 0 Å². The third-order valence-electron chi connectivity index (χ3n) is 5.64. The Morgan fingerprint density at radius 3 is 2.72 bits per heavy atom. The van der Waals surface area contributed by atoms with Crippen LogP contribution >= 0.6 is 0 Å². The summed E-state index contributed by atoms with van der Waals surface area (Å²) in [5, 5.41) is 13.8. The lowest BCUT2D eigenvalue weighted by Crippen LogP contribution is -2.35. The third-order valence-corrected chi connectivity index (χ3v) is 5.64. The number of morpholine rings is 1. The van der Waals surface area contributed by atoms with E-state index in [9.17, 15) is 4.79 Å². The standard InChI is InChI=1S/C24H24N6O2/c1-29-15-20(14-26-29)17-2-3-23-19(10-17)12-21(27-28-23)13-24(31)18-4-5-25-22(11-18)16-30-6-8-32-9-7-30/h2-5,10-12,14-15H,6-9,13,16H2,1H3. The minimum absolute atomic E-state index is 0.00712. The number of ketones is 1. The van der Waals surface area contributed by atoms with Crippen molar-refractivity contribution < 1.29 is 9.53 Å². The van der Waals surface area contributed by atoms with Crippen molar-refractivity contribution in [2.24, 2.45) is 7.05 Å². The van der Waals surface area contributed by atoms with Crippen molar-refractivity contribution in [3.63, 3.8) is 0 Å². The Bertz CT molecular complexity index is 1260. The fraction of sp³-hybridized carbons (Fsp3) is 0.292. The highest BCUT2D eigenvalue weighted by Crippen LogP contribution is 2.23. The summed E-state index contributed by atoms with van der Waals surface area (Å²) in [4.78, 5) is 19.7. The maximum absolute atomic E-state index is 12.9. The molecule has 0 aliphatic carbocycles. The third kappa shape index (κ3) is 4.56. The zero-order valence-electron chi connectivity index (χ0n) is 17.9. The lowest BCUT2D eigenvalue weighted by molar-refractivity contribution is 0.0336. The Hall–Kier alpha value is -3.49. The molecular formula is C24H24N6O2. The Kier molecular flexibility index (Phi) is 5.70. The second-order valence-electron chi connectivity index (χ2n) is 8.04. The summed E-state index contributed by atoms with van der Waals surface area (Å²) in [7, 11) is 1.89. The summed E-state index contributed by atoms with van der Waals surface area (Å²) in [6.45, 7) is 3.96. The van der Waals surface area contributed by atoms with Crippen LogP contribution in [0.4, 0.5) is 0 Å². The van der Waals surface area contributed by atoms with Gasteiger partial charge >= 0.3 is 0 Å². The summed E-state index contributed by atoms with van der Waals surface area (Å²) in [6, 6.07) is 11.6. The van der Waals surface area contributed by atoms with E-state index < -0.39 is 0 Å². The quantitative estimate of drug-likeness (QED) is 0.437. The van der Waals surface area contributed by atoms with Crippen LogP contribution in [0.5, 0.6) is 0 Å². The lowest BCUT2D eigenvalue weighted by atomic mass is 10.0. The smallest absolute Gasteiger partial charge is 0.169 e. The number of hydrogen-bond donors (Lipinski definition) is 0. The van der Waals surface area contributed by atoms with Crippen LogP contribution in [0.3, 0.4) is 0 Å². The Morgan fingerprint density at radius 1 is 1.03 bits per heavy atom. The number of Topliss-reactive ketones (excluding diaryl/α,β-unsaturated/α-hetero) is 1. The predicted molar refractivity (Wildman–Crippen MR) is 120 cm³/mol. The first-order valence-electron chi connectivity index (χ1n) is 10.7. The lowest BCUT2D eigenvalue weighted by Gasteiger charge is -2.26. The van der Waals surface area contributed by atoms with Gasteiger partial charge in [0.25, 0.3) is 0 Å². The van der Waals surface area contributed by atoms with Crippen LogP contribution in [-0.4, -0.2) is 61.9 Å². The number of aryl methyl sites for hydroxylation is 1. The highest BCUT2D eigenvalue weighted by molar-refractivity contribution is 5.97. The summed E-state index contributed by atoms with van der Waals surface area (Å²) in [6.07, 6.45) is 5.70. The molecule has 162 valence electrons. The molecule has 1 aromatic carbocycles. The molecule has 0 spiro atoms. The number of benzene rings is 1. The fourth-order valence-corrected chi connectivity index (χ4v) is 3.92. The molecule has 1 saturated heterocycles. The van der Waals surface area contributed by atoms with Crippen molar-refractivity contribution >= 4 is 16.7 Å². The monoisotopic (exact) mass is 428 g/mol. The van der Waals surface area contributed by atoms with Crippen LogP contribution in [0, 0.1) is 0 Å². The summed E-state index contributed by atoms with van der Waals surface area (Å²) in [5.74, 6) is 0.00712. The fourth-order valence-electron chi connectivity index (χ4n) is 3.92. The van der Waals surface area contributed by atoms with Gasteiger partial charge in [0.2, 0.25) is 0 Å². The van der Waals surface area contributed by atoms with E-state index in [1.807, 2.05) is 43.7 Å². The van der Waals surface area contributed by atoms with Gasteiger partial charge in [-0.2, -0.15) is 15.3 Å². The van der Waals surface area contributed by atoms with Gasteiger partial charge in [-0.3, -0.25) is 19.4 Å². The first-order valence-corrected chi connectivity index (χ1v) is 10.7. The molecule has 8 heteroatoms. The van der Waals surface area contributed by atoms with E-state index in [1.54, 1.807) is 16.9 Å². The SMILES string of the molecule is Cn1cc(-c2ccc3nnc(CC(=O)c4ccnc(CN5CCOCC5)c4)cc3c2)cn1. The van der Waals surface area contributed by atoms with Crippen LogP contribution < -0.4 is 0 Å². The molecule has 4 aromatic rings. The molecule has 0 N–H and O–H groups in total. The largest absolute Gasteiger partial charge is 0.379 e. The van der Waals surface area contributed by atoms with Crippen LogP contribution in [0.1, 0.15) is 21.7 Å². The normalized spacial score (nSPS) is 14.7. The molecule has 8 nitrogen and oxygen atoms in total. The van der Waals surface area contributed by atoms with Gasteiger partial charge in [0, 0.05) is 55.6 Å². The molecule has 1 aliphatic heterocycles. The number of rotatable bonds is 6. The molecule has 32 heavy (non-hydrogen) atoms. The van der Waals surface area contributed by atoms with Gasteiger partial charge in [0.15, 0.2) is 5.78 Å². The predicted octanol–water partition coefficient (Wildman–Crippen LogP) is 2.68. The average Bonchev–Trinajstić information content (AvgIpc) is 3.26. The van der Waals surface area contributed by atoms with Gasteiger partial charge in [-0.1, -0.05) is 6.07 Å². The molecule has 1 aliphatic rings. The number of fused-ring (bicyclic) bond motifs is 1. The van der Waals surface area contributed by atoms with Gasteiger partial charge in [-0.25, -0.2) is 0 Å². The van der Waals surface area contributed by atoms with Crippen molar-refractivity contribution in [2.45, 2.75) is 13.0 Å². The number of carbonyl (C=O) groups excluding carboxylic acids is 1. The minimum Gasteiger partial charge on any atom is -0.379 e. The summed E-state index contributed by atoms with van der Waals surface area (Å²) < 4.78 is 7.17. The molecular weight excluding hydrogens is 404 g/mol. The summed E-state index contributed by atoms with van der Waals surface area (Å²) in [5.41, 5.74) is 5.08. The highest BCUT2D eigenvalue weighted by atomic mass is 16.5. The zero-order valence-corrected chi connectivity index (χ0v) is 17.9. The number of pyridine rings is 1. The molecule has 0 bridgehead atoms. The average molecular weight is 428 g/mol. The van der Waals surface area contributed by atoms with Crippen LogP contribution in [0.2, 0.25) is 0 Å². The van der Waals surface area contributed by atoms with E-state index in [-0.39, 0.29) is 12.2 Å². The maximum Gasteiger partial charge on any atom is 0.169 e. The van der Waals surface area contributed by atoms with E-state index in [4.69, 9.17) is 4.74 Å². The molecule has 0 unspecified atom stereocenters. The number of aromatic nitrogens is 5. The van der Waals surface area contributed by atoms with Crippen molar-refractivity contribution in [3.8, 4) is 11.1 Å². The second-order valence-corrected chi connectivity index (χ2v) is 8.04. The molecule has 4 heterocycles. The van der Waals surface area contributed by atoms with E-state index in [0.29, 0.717) is 11.3 Å². The Morgan fingerprint density at radius 2 is 1.91 bits per heavy atom. The first-order chi connectivity index (χ1) is 15.6. The van der Waals surface area contributed by atoms with Crippen LogP contribution in [0.15, 0.2) is 55.0 Å². The van der Waals surface area contributed by atoms with Crippen molar-refractivity contribution in [1.82, 2.24) is 29.9 Å². The molecule has 0 amide bonds. The number of carbonyl (C=O) groups is 1. The topological polar surface area (TPSA) is 86.0 Å². The highest BCUT2D eigenvalue weighted by Gasteiger charge is 2.14. The van der Waals surface area contributed by atoms with Gasteiger partial charge in [0.05, 0.1) is 42.7 Å².